The molecule has 27 heavy (non-hydrogen) atoms. The van der Waals surface area contributed by atoms with E-state index in [2.05, 4.69) is 10.6 Å². The maximum Gasteiger partial charge on any atom is 0.348 e. The first kappa shape index (κ1) is 18.8. The van der Waals surface area contributed by atoms with Crippen LogP contribution in [-0.2, 0) is 11.3 Å². The second-order valence-corrected chi connectivity index (χ2v) is 6.77. The quantitative estimate of drug-likeness (QED) is 0.624. The van der Waals surface area contributed by atoms with Gasteiger partial charge in [-0.25, -0.2) is 9.18 Å². The van der Waals surface area contributed by atoms with Crippen molar-refractivity contribution in [3.05, 3.63) is 64.3 Å². The number of anilines is 1. The summed E-state index contributed by atoms with van der Waals surface area (Å²) in [5.41, 5.74) is 1.60. The lowest BCUT2D eigenvalue weighted by Gasteiger charge is -2.12. The van der Waals surface area contributed by atoms with Crippen LogP contribution in [0.5, 0.6) is 0 Å². The van der Waals surface area contributed by atoms with Crippen LogP contribution >= 0.6 is 11.3 Å². The molecule has 2 aromatic carbocycles. The summed E-state index contributed by atoms with van der Waals surface area (Å²) in [6, 6.07) is 11.8. The number of amides is 1. The van der Waals surface area contributed by atoms with E-state index in [0.717, 1.165) is 0 Å². The van der Waals surface area contributed by atoms with E-state index >= 15 is 0 Å². The summed E-state index contributed by atoms with van der Waals surface area (Å²) >= 11 is 1.20. The van der Waals surface area contributed by atoms with Crippen LogP contribution in [-0.4, -0.2) is 25.5 Å². The third kappa shape index (κ3) is 3.78. The second kappa shape index (κ2) is 8.18. The Hall–Kier alpha value is -2.93. The van der Waals surface area contributed by atoms with Crippen molar-refractivity contribution in [3.8, 4) is 0 Å². The van der Waals surface area contributed by atoms with Gasteiger partial charge in [-0.05, 0) is 31.2 Å². The van der Waals surface area contributed by atoms with Crippen LogP contribution < -0.4 is 10.6 Å². The fourth-order valence-electron chi connectivity index (χ4n) is 2.85. The van der Waals surface area contributed by atoms with E-state index in [9.17, 15) is 14.0 Å². The second-order valence-electron chi connectivity index (χ2n) is 5.72. The van der Waals surface area contributed by atoms with Crippen molar-refractivity contribution in [2.45, 2.75) is 13.5 Å². The van der Waals surface area contributed by atoms with Gasteiger partial charge < -0.3 is 15.4 Å². The van der Waals surface area contributed by atoms with Gasteiger partial charge in [-0.2, -0.15) is 0 Å². The van der Waals surface area contributed by atoms with Gasteiger partial charge in [0.15, 0.2) is 0 Å². The molecule has 0 spiro atoms. The summed E-state index contributed by atoms with van der Waals surface area (Å²) < 4.78 is 20.3. The van der Waals surface area contributed by atoms with Gasteiger partial charge in [0.05, 0.1) is 12.2 Å². The maximum atomic E-state index is 14.5. The molecule has 0 saturated heterocycles. The number of benzene rings is 2. The molecule has 0 fully saturated rings. The molecule has 1 heterocycles. The zero-order valence-corrected chi connectivity index (χ0v) is 15.8. The Labute approximate surface area is 160 Å². The standard InChI is InChI=1S/C20H19FN2O3S/c1-3-26-20(25)18-13(17-14(21)8-6-10-16(17)27-18)11-23-15-9-5-4-7-12(15)19(24)22-2/h4-10,23H,3,11H2,1-2H3,(H,22,24). The van der Waals surface area contributed by atoms with Gasteiger partial charge in [-0.15, -0.1) is 11.3 Å². The van der Waals surface area contributed by atoms with Crippen LogP contribution in [0, 0.1) is 5.82 Å². The predicted molar refractivity (Wildman–Crippen MR) is 105 cm³/mol. The molecule has 0 radical (unpaired) electrons. The van der Waals surface area contributed by atoms with E-state index < -0.39 is 11.8 Å². The van der Waals surface area contributed by atoms with Crippen LogP contribution in [0.1, 0.15) is 32.5 Å². The van der Waals surface area contributed by atoms with Crippen LogP contribution in [0.3, 0.4) is 0 Å². The van der Waals surface area contributed by atoms with Gasteiger partial charge >= 0.3 is 5.97 Å². The van der Waals surface area contributed by atoms with E-state index in [4.69, 9.17) is 4.74 Å². The molecule has 0 unspecified atom stereocenters. The molecular formula is C20H19FN2O3S. The minimum Gasteiger partial charge on any atom is -0.462 e. The number of hydrogen-bond acceptors (Lipinski definition) is 5. The Bertz CT molecular complexity index is 1000. The van der Waals surface area contributed by atoms with Crippen molar-refractivity contribution in [2.24, 2.45) is 0 Å². The largest absolute Gasteiger partial charge is 0.462 e. The van der Waals surface area contributed by atoms with Gasteiger partial charge in [0, 0.05) is 34.9 Å². The van der Waals surface area contributed by atoms with Gasteiger partial charge in [0.2, 0.25) is 0 Å². The Morgan fingerprint density at radius 3 is 2.67 bits per heavy atom. The van der Waals surface area contributed by atoms with E-state index in [-0.39, 0.29) is 19.1 Å². The van der Waals surface area contributed by atoms with Gasteiger partial charge in [-0.3, -0.25) is 4.79 Å². The fourth-order valence-corrected chi connectivity index (χ4v) is 3.98. The Morgan fingerprint density at radius 1 is 1.15 bits per heavy atom. The van der Waals surface area contributed by atoms with E-state index in [0.29, 0.717) is 31.8 Å². The monoisotopic (exact) mass is 386 g/mol. The number of fused-ring (bicyclic) bond motifs is 1. The van der Waals surface area contributed by atoms with Crippen LogP contribution in [0.15, 0.2) is 42.5 Å². The Kier molecular flexibility index (Phi) is 5.71. The zero-order chi connectivity index (χ0) is 19.4. The number of ether oxygens (including phenoxy) is 1. The first-order valence-corrected chi connectivity index (χ1v) is 9.30. The highest BCUT2D eigenvalue weighted by atomic mass is 32.1. The molecule has 0 bridgehead atoms. The van der Waals surface area contributed by atoms with Crippen LogP contribution in [0.25, 0.3) is 10.1 Å². The number of thiophene rings is 1. The van der Waals surface area contributed by atoms with Crippen molar-refractivity contribution >= 4 is 39.0 Å². The van der Waals surface area contributed by atoms with E-state index in [1.807, 2.05) is 0 Å². The molecule has 1 aromatic heterocycles. The summed E-state index contributed by atoms with van der Waals surface area (Å²) in [6.07, 6.45) is 0. The molecule has 3 aromatic rings. The Morgan fingerprint density at radius 2 is 1.93 bits per heavy atom. The molecule has 0 aliphatic rings. The third-order valence-corrected chi connectivity index (χ3v) is 5.26. The molecule has 2 N–H and O–H groups in total. The van der Waals surface area contributed by atoms with E-state index in [1.54, 1.807) is 50.4 Å². The van der Waals surface area contributed by atoms with Gasteiger partial charge in [0.25, 0.3) is 5.91 Å². The number of carbonyl (C=O) groups is 2. The number of hydrogen-bond donors (Lipinski definition) is 2. The molecule has 0 aliphatic carbocycles. The molecule has 0 aliphatic heterocycles. The Balaban J connectivity index is 2.01. The van der Waals surface area contributed by atoms with Crippen LogP contribution in [0.2, 0.25) is 0 Å². The van der Waals surface area contributed by atoms with Crippen molar-refractivity contribution in [2.75, 3.05) is 19.0 Å². The number of rotatable bonds is 6. The molecule has 5 nitrogen and oxygen atoms in total. The van der Waals surface area contributed by atoms with Gasteiger partial charge in [0.1, 0.15) is 10.7 Å². The number of esters is 1. The molecule has 3 rings (SSSR count). The molecule has 0 atom stereocenters. The van der Waals surface area contributed by atoms with Crippen molar-refractivity contribution in [1.29, 1.82) is 0 Å². The van der Waals surface area contributed by atoms with Crippen LogP contribution in [0.4, 0.5) is 10.1 Å². The smallest absolute Gasteiger partial charge is 0.348 e. The third-order valence-electron chi connectivity index (χ3n) is 4.08. The summed E-state index contributed by atoms with van der Waals surface area (Å²) in [4.78, 5) is 24.8. The molecular weight excluding hydrogens is 367 g/mol. The lowest BCUT2D eigenvalue weighted by atomic mass is 10.1. The summed E-state index contributed by atoms with van der Waals surface area (Å²) in [5, 5.41) is 6.15. The normalized spacial score (nSPS) is 10.6. The highest BCUT2D eigenvalue weighted by Crippen LogP contribution is 2.34. The molecule has 140 valence electrons. The van der Waals surface area contributed by atoms with Crippen molar-refractivity contribution in [3.63, 3.8) is 0 Å². The predicted octanol–water partition coefficient (Wildman–Crippen LogP) is 4.19. The first-order chi connectivity index (χ1) is 13.1. The summed E-state index contributed by atoms with van der Waals surface area (Å²) in [7, 11) is 1.56. The highest BCUT2D eigenvalue weighted by molar-refractivity contribution is 7.21. The number of halogens is 1. The lowest BCUT2D eigenvalue weighted by Crippen LogP contribution is -2.19. The van der Waals surface area contributed by atoms with Gasteiger partial charge in [-0.1, -0.05) is 18.2 Å². The molecule has 0 saturated carbocycles. The number of nitrogens with one attached hydrogen (secondary N) is 2. The summed E-state index contributed by atoms with van der Waals surface area (Å²) in [6.45, 7) is 2.15. The number of carbonyl (C=O) groups excluding carboxylic acids is 2. The maximum absolute atomic E-state index is 14.5. The minimum absolute atomic E-state index is 0.184. The average Bonchev–Trinajstić information content (AvgIpc) is 3.06. The lowest BCUT2D eigenvalue weighted by molar-refractivity contribution is 0.0531. The minimum atomic E-state index is -0.477. The zero-order valence-electron chi connectivity index (χ0n) is 15.0. The highest BCUT2D eigenvalue weighted by Gasteiger charge is 2.22. The first-order valence-electron chi connectivity index (χ1n) is 8.48. The summed E-state index contributed by atoms with van der Waals surface area (Å²) in [5.74, 6) is -1.10. The van der Waals surface area contributed by atoms with Crippen molar-refractivity contribution < 1.29 is 18.7 Å². The average molecular weight is 386 g/mol. The van der Waals surface area contributed by atoms with Crippen molar-refractivity contribution in [1.82, 2.24) is 5.32 Å². The molecule has 1 amide bonds. The molecule has 7 heteroatoms. The SMILES string of the molecule is CCOC(=O)c1sc2cccc(F)c2c1CNc1ccccc1C(=O)NC. The van der Waals surface area contributed by atoms with E-state index in [1.165, 1.54) is 17.4 Å². The number of para-hydroxylation sites is 1. The fraction of sp³-hybridized carbons (Fsp3) is 0.200. The topological polar surface area (TPSA) is 67.4 Å².